The Morgan fingerprint density at radius 3 is 2.80 bits per heavy atom. The highest BCUT2D eigenvalue weighted by Gasteiger charge is 2.17. The molecule has 0 saturated heterocycles. The van der Waals surface area contributed by atoms with Gasteiger partial charge in [0.05, 0.1) is 0 Å². The quantitative estimate of drug-likeness (QED) is 0.866. The van der Waals surface area contributed by atoms with Crippen molar-refractivity contribution >= 4 is 26.8 Å². The lowest BCUT2D eigenvalue weighted by molar-refractivity contribution is 0.305. The molecule has 3 heteroatoms. The Morgan fingerprint density at radius 1 is 1.20 bits per heavy atom. The van der Waals surface area contributed by atoms with Crippen molar-refractivity contribution in [3.05, 3.63) is 34.9 Å². The average molecular weight is 335 g/mol. The standard InChI is InChI=1S/C17H23BrN2/c1-13-2-5-16(6-3-13)19-9-11-20-10-8-14-12-15(18)4-7-17(14)20/h4,7-8,10,12-13,16,19H,2-3,5-6,9,11H2,1H3. The van der Waals surface area contributed by atoms with Crippen molar-refractivity contribution < 1.29 is 0 Å². The second kappa shape index (κ2) is 6.31. The van der Waals surface area contributed by atoms with Crippen molar-refractivity contribution in [1.29, 1.82) is 0 Å². The lowest BCUT2D eigenvalue weighted by Crippen LogP contribution is -2.34. The van der Waals surface area contributed by atoms with Crippen molar-refractivity contribution in [3.63, 3.8) is 0 Å². The molecule has 2 nitrogen and oxygen atoms in total. The van der Waals surface area contributed by atoms with Gasteiger partial charge in [-0.05, 0) is 55.9 Å². The number of nitrogens with one attached hydrogen (secondary N) is 1. The van der Waals surface area contributed by atoms with Gasteiger partial charge >= 0.3 is 0 Å². The Bertz CT molecular complexity index is 567. The van der Waals surface area contributed by atoms with Crippen LogP contribution in [0.4, 0.5) is 0 Å². The molecule has 1 N–H and O–H groups in total. The summed E-state index contributed by atoms with van der Waals surface area (Å²) in [6.07, 6.45) is 7.67. The second-order valence-corrected chi connectivity index (χ2v) is 7.04. The maximum atomic E-state index is 3.73. The van der Waals surface area contributed by atoms with E-state index >= 15 is 0 Å². The summed E-state index contributed by atoms with van der Waals surface area (Å²) in [6.45, 7) is 4.50. The zero-order chi connectivity index (χ0) is 13.9. The first-order valence-electron chi connectivity index (χ1n) is 7.70. The van der Waals surface area contributed by atoms with Crippen LogP contribution in [0.5, 0.6) is 0 Å². The first kappa shape index (κ1) is 14.2. The fourth-order valence-corrected chi connectivity index (χ4v) is 3.60. The van der Waals surface area contributed by atoms with Gasteiger partial charge in [0.15, 0.2) is 0 Å². The first-order valence-corrected chi connectivity index (χ1v) is 8.49. The Hall–Kier alpha value is -0.800. The van der Waals surface area contributed by atoms with Crippen LogP contribution in [0.1, 0.15) is 32.6 Å². The molecule has 1 aliphatic rings. The summed E-state index contributed by atoms with van der Waals surface area (Å²) in [5.41, 5.74) is 1.33. The molecular weight excluding hydrogens is 312 g/mol. The van der Waals surface area contributed by atoms with E-state index in [9.17, 15) is 0 Å². The molecule has 1 aliphatic carbocycles. The van der Waals surface area contributed by atoms with E-state index in [-0.39, 0.29) is 0 Å². The monoisotopic (exact) mass is 334 g/mol. The number of benzene rings is 1. The van der Waals surface area contributed by atoms with E-state index in [0.29, 0.717) is 0 Å². The molecule has 1 heterocycles. The summed E-state index contributed by atoms with van der Waals surface area (Å²) >= 11 is 3.53. The Kier molecular flexibility index (Phi) is 4.47. The molecule has 0 spiro atoms. The lowest BCUT2D eigenvalue weighted by Gasteiger charge is -2.27. The van der Waals surface area contributed by atoms with E-state index in [1.54, 1.807) is 0 Å². The van der Waals surface area contributed by atoms with Gasteiger partial charge in [-0.2, -0.15) is 0 Å². The third-order valence-electron chi connectivity index (χ3n) is 4.53. The molecule has 20 heavy (non-hydrogen) atoms. The lowest BCUT2D eigenvalue weighted by atomic mass is 9.87. The van der Waals surface area contributed by atoms with E-state index < -0.39 is 0 Å². The number of hydrogen-bond donors (Lipinski definition) is 1. The number of fused-ring (bicyclic) bond motifs is 1. The summed E-state index contributed by atoms with van der Waals surface area (Å²) in [7, 11) is 0. The normalized spacial score (nSPS) is 23.3. The van der Waals surface area contributed by atoms with Crippen molar-refractivity contribution in [2.45, 2.75) is 45.2 Å². The summed E-state index contributed by atoms with van der Waals surface area (Å²) < 4.78 is 3.50. The number of hydrogen-bond acceptors (Lipinski definition) is 1. The fourth-order valence-electron chi connectivity index (χ4n) is 3.22. The molecule has 0 bridgehead atoms. The predicted molar refractivity (Wildman–Crippen MR) is 89.1 cm³/mol. The minimum absolute atomic E-state index is 0.738. The van der Waals surface area contributed by atoms with Gasteiger partial charge in [-0.25, -0.2) is 0 Å². The van der Waals surface area contributed by atoms with Gasteiger partial charge in [0.1, 0.15) is 0 Å². The first-order chi connectivity index (χ1) is 9.72. The molecule has 0 amide bonds. The number of halogens is 1. The molecular formula is C17H23BrN2. The molecule has 0 aliphatic heterocycles. The SMILES string of the molecule is CC1CCC(NCCn2ccc3cc(Br)ccc32)CC1. The van der Waals surface area contributed by atoms with E-state index in [2.05, 4.69) is 63.2 Å². The summed E-state index contributed by atoms with van der Waals surface area (Å²) in [5, 5.41) is 5.04. The van der Waals surface area contributed by atoms with Gasteiger partial charge in [-0.1, -0.05) is 22.9 Å². The minimum Gasteiger partial charge on any atom is -0.346 e. The zero-order valence-electron chi connectivity index (χ0n) is 12.1. The largest absolute Gasteiger partial charge is 0.346 e. The smallest absolute Gasteiger partial charge is 0.0481 e. The molecule has 0 atom stereocenters. The Morgan fingerprint density at radius 2 is 2.00 bits per heavy atom. The van der Waals surface area contributed by atoms with Gasteiger partial charge in [0.2, 0.25) is 0 Å². The second-order valence-electron chi connectivity index (χ2n) is 6.12. The van der Waals surface area contributed by atoms with Gasteiger partial charge in [0.25, 0.3) is 0 Å². The van der Waals surface area contributed by atoms with Crippen LogP contribution in [0.2, 0.25) is 0 Å². The van der Waals surface area contributed by atoms with E-state index in [1.165, 1.54) is 36.6 Å². The molecule has 1 fully saturated rings. The molecule has 2 aromatic rings. The van der Waals surface area contributed by atoms with Crippen LogP contribution < -0.4 is 5.32 Å². The summed E-state index contributed by atoms with van der Waals surface area (Å²) in [5.74, 6) is 0.930. The molecule has 0 unspecified atom stereocenters. The third-order valence-corrected chi connectivity index (χ3v) is 5.03. The van der Waals surface area contributed by atoms with Crippen LogP contribution in [-0.2, 0) is 6.54 Å². The fraction of sp³-hybridized carbons (Fsp3) is 0.529. The molecule has 108 valence electrons. The summed E-state index contributed by atoms with van der Waals surface area (Å²) in [4.78, 5) is 0. The molecule has 0 radical (unpaired) electrons. The highest BCUT2D eigenvalue weighted by Crippen LogP contribution is 2.23. The number of aromatic nitrogens is 1. The predicted octanol–water partition coefficient (Wildman–Crippen LogP) is 4.57. The Balaban J connectivity index is 1.55. The van der Waals surface area contributed by atoms with E-state index in [0.717, 1.165) is 29.5 Å². The van der Waals surface area contributed by atoms with Crippen LogP contribution in [0.3, 0.4) is 0 Å². The maximum absolute atomic E-state index is 3.73. The topological polar surface area (TPSA) is 17.0 Å². The van der Waals surface area contributed by atoms with Gasteiger partial charge in [-0.15, -0.1) is 0 Å². The van der Waals surface area contributed by atoms with Gasteiger partial charge < -0.3 is 9.88 Å². The van der Waals surface area contributed by atoms with Crippen molar-refractivity contribution in [2.75, 3.05) is 6.54 Å². The van der Waals surface area contributed by atoms with E-state index in [4.69, 9.17) is 0 Å². The van der Waals surface area contributed by atoms with E-state index in [1.807, 2.05) is 0 Å². The van der Waals surface area contributed by atoms with Crippen molar-refractivity contribution in [3.8, 4) is 0 Å². The zero-order valence-corrected chi connectivity index (χ0v) is 13.7. The summed E-state index contributed by atoms with van der Waals surface area (Å²) in [6, 6.07) is 9.43. The third kappa shape index (κ3) is 3.26. The average Bonchev–Trinajstić information content (AvgIpc) is 2.83. The Labute approximate surface area is 129 Å². The molecule has 1 aromatic heterocycles. The van der Waals surface area contributed by atoms with Crippen LogP contribution in [0.25, 0.3) is 10.9 Å². The molecule has 3 rings (SSSR count). The van der Waals surface area contributed by atoms with Crippen molar-refractivity contribution in [1.82, 2.24) is 9.88 Å². The van der Waals surface area contributed by atoms with Gasteiger partial charge in [0, 0.05) is 40.7 Å². The minimum atomic E-state index is 0.738. The number of rotatable bonds is 4. The van der Waals surface area contributed by atoms with Crippen LogP contribution >= 0.6 is 15.9 Å². The molecule has 1 aromatic carbocycles. The highest BCUT2D eigenvalue weighted by atomic mass is 79.9. The highest BCUT2D eigenvalue weighted by molar-refractivity contribution is 9.10. The van der Waals surface area contributed by atoms with Crippen LogP contribution in [0.15, 0.2) is 34.9 Å². The van der Waals surface area contributed by atoms with Crippen LogP contribution in [-0.4, -0.2) is 17.2 Å². The number of nitrogens with zero attached hydrogens (tertiary/aromatic N) is 1. The molecule has 1 saturated carbocycles. The van der Waals surface area contributed by atoms with Crippen molar-refractivity contribution in [2.24, 2.45) is 5.92 Å². The maximum Gasteiger partial charge on any atom is 0.0481 e. The van der Waals surface area contributed by atoms with Crippen LogP contribution in [0, 0.1) is 5.92 Å². The van der Waals surface area contributed by atoms with Gasteiger partial charge in [-0.3, -0.25) is 0 Å².